The van der Waals surface area contributed by atoms with Gasteiger partial charge in [0.2, 0.25) is 5.91 Å². The van der Waals surface area contributed by atoms with E-state index in [9.17, 15) is 14.4 Å². The van der Waals surface area contributed by atoms with Gasteiger partial charge in [0.15, 0.2) is 0 Å². The first-order valence-electron chi connectivity index (χ1n) is 4.95. The van der Waals surface area contributed by atoms with Crippen molar-refractivity contribution in [2.45, 2.75) is 19.3 Å². The van der Waals surface area contributed by atoms with Crippen molar-refractivity contribution in [2.75, 3.05) is 13.1 Å². The Labute approximate surface area is 92.2 Å². The highest BCUT2D eigenvalue weighted by atomic mass is 16.4. The number of carboxylic acids is 2. The average Bonchev–Trinajstić information content (AvgIpc) is 2.57. The summed E-state index contributed by atoms with van der Waals surface area (Å²) in [5, 5.41) is 17.2. The minimum absolute atomic E-state index is 0.0000591. The van der Waals surface area contributed by atoms with Crippen LogP contribution in [-0.2, 0) is 14.4 Å². The van der Waals surface area contributed by atoms with E-state index in [1.807, 2.05) is 0 Å². The van der Waals surface area contributed by atoms with Gasteiger partial charge in [-0.2, -0.15) is 0 Å². The Bertz CT molecular complexity index is 347. The van der Waals surface area contributed by atoms with Gasteiger partial charge in [0.1, 0.15) is 0 Å². The molecule has 6 heteroatoms. The lowest BCUT2D eigenvalue weighted by Crippen LogP contribution is -2.26. The molecule has 0 saturated carbocycles. The monoisotopic (exact) mass is 227 g/mol. The summed E-state index contributed by atoms with van der Waals surface area (Å²) in [4.78, 5) is 33.8. The van der Waals surface area contributed by atoms with Crippen LogP contribution < -0.4 is 0 Å². The minimum Gasteiger partial charge on any atom is -0.478 e. The molecule has 16 heavy (non-hydrogen) atoms. The first-order valence-corrected chi connectivity index (χ1v) is 4.95. The van der Waals surface area contributed by atoms with Crippen LogP contribution in [0.25, 0.3) is 0 Å². The lowest BCUT2D eigenvalue weighted by atomic mass is 10.1. The third-order valence-corrected chi connectivity index (χ3v) is 2.39. The van der Waals surface area contributed by atoms with Crippen molar-refractivity contribution in [2.24, 2.45) is 0 Å². The smallest absolute Gasteiger partial charge is 0.331 e. The molecule has 88 valence electrons. The van der Waals surface area contributed by atoms with Gasteiger partial charge in [-0.25, -0.2) is 9.59 Å². The van der Waals surface area contributed by atoms with E-state index in [4.69, 9.17) is 10.2 Å². The second kappa shape index (κ2) is 5.29. The summed E-state index contributed by atoms with van der Waals surface area (Å²) in [6.07, 6.45) is 2.01. The van der Waals surface area contributed by atoms with Crippen LogP contribution >= 0.6 is 0 Å². The van der Waals surface area contributed by atoms with Crippen LogP contribution in [0.3, 0.4) is 0 Å². The van der Waals surface area contributed by atoms with Gasteiger partial charge >= 0.3 is 11.9 Å². The number of rotatable bonds is 5. The third-order valence-electron chi connectivity index (χ3n) is 2.39. The van der Waals surface area contributed by atoms with Crippen molar-refractivity contribution in [3.63, 3.8) is 0 Å². The Balaban J connectivity index is 2.53. The molecule has 1 amide bonds. The number of hydrogen-bond donors (Lipinski definition) is 2. The van der Waals surface area contributed by atoms with Crippen LogP contribution in [0, 0.1) is 0 Å². The summed E-state index contributed by atoms with van der Waals surface area (Å²) in [5.41, 5.74) is -0.188. The summed E-state index contributed by atoms with van der Waals surface area (Å²) in [6, 6.07) is 0. The van der Waals surface area contributed by atoms with Gasteiger partial charge in [0.05, 0.1) is 0 Å². The number of carbonyl (C=O) groups is 3. The number of likely N-dealkylation sites (tertiary alicyclic amines) is 1. The van der Waals surface area contributed by atoms with Crippen LogP contribution in [0.15, 0.2) is 11.6 Å². The minimum atomic E-state index is -1.29. The van der Waals surface area contributed by atoms with Gasteiger partial charge in [0, 0.05) is 31.2 Å². The van der Waals surface area contributed by atoms with Gasteiger partial charge in [-0.15, -0.1) is 0 Å². The molecule has 1 saturated heterocycles. The Morgan fingerprint density at radius 3 is 2.50 bits per heavy atom. The molecule has 1 aliphatic rings. The number of amides is 1. The van der Waals surface area contributed by atoms with E-state index in [-0.39, 0.29) is 24.4 Å². The quantitative estimate of drug-likeness (QED) is 0.649. The van der Waals surface area contributed by atoms with Crippen LogP contribution in [0.4, 0.5) is 0 Å². The molecule has 1 fully saturated rings. The van der Waals surface area contributed by atoms with E-state index >= 15 is 0 Å². The maximum atomic E-state index is 11.2. The topological polar surface area (TPSA) is 94.9 Å². The fourth-order valence-electron chi connectivity index (χ4n) is 1.59. The van der Waals surface area contributed by atoms with Gasteiger partial charge in [-0.1, -0.05) is 0 Å². The standard InChI is InChI=1S/C10H13NO5/c12-8-2-1-4-11(8)5-3-7(10(15)16)6-9(13)14/h6H,1-5H2,(H,13,14)(H,15,16)/b7-6+. The number of hydrogen-bond acceptors (Lipinski definition) is 3. The molecule has 0 aromatic carbocycles. The van der Waals surface area contributed by atoms with Crippen molar-refractivity contribution in [3.05, 3.63) is 11.6 Å². The van der Waals surface area contributed by atoms with E-state index in [0.717, 1.165) is 6.42 Å². The fraction of sp³-hybridized carbons (Fsp3) is 0.500. The largest absolute Gasteiger partial charge is 0.478 e. The second-order valence-electron chi connectivity index (χ2n) is 3.55. The maximum absolute atomic E-state index is 11.2. The molecule has 1 aliphatic heterocycles. The lowest BCUT2D eigenvalue weighted by molar-refractivity contribution is -0.135. The Hall–Kier alpha value is -1.85. The fourth-order valence-corrected chi connectivity index (χ4v) is 1.59. The Kier molecular flexibility index (Phi) is 4.04. The van der Waals surface area contributed by atoms with Crippen LogP contribution in [-0.4, -0.2) is 46.0 Å². The van der Waals surface area contributed by atoms with Crippen molar-refractivity contribution >= 4 is 17.8 Å². The van der Waals surface area contributed by atoms with Gasteiger partial charge in [-0.3, -0.25) is 4.79 Å². The van der Waals surface area contributed by atoms with Crippen molar-refractivity contribution in [3.8, 4) is 0 Å². The molecule has 0 bridgehead atoms. The second-order valence-corrected chi connectivity index (χ2v) is 3.55. The van der Waals surface area contributed by atoms with E-state index < -0.39 is 11.9 Å². The predicted molar refractivity (Wildman–Crippen MR) is 53.8 cm³/mol. The number of carboxylic acid groups (broad SMARTS) is 2. The van der Waals surface area contributed by atoms with E-state index in [1.165, 1.54) is 0 Å². The predicted octanol–water partition coefficient (Wildman–Crippen LogP) is 0.0945. The lowest BCUT2D eigenvalue weighted by Gasteiger charge is -2.14. The van der Waals surface area contributed by atoms with E-state index in [1.54, 1.807) is 4.90 Å². The molecule has 0 aliphatic carbocycles. The zero-order chi connectivity index (χ0) is 12.1. The summed E-state index contributed by atoms with van der Waals surface area (Å²) < 4.78 is 0. The van der Waals surface area contributed by atoms with Gasteiger partial charge in [-0.05, 0) is 12.8 Å². The number of nitrogens with zero attached hydrogens (tertiary/aromatic N) is 1. The molecular formula is C10H13NO5. The Morgan fingerprint density at radius 2 is 2.06 bits per heavy atom. The van der Waals surface area contributed by atoms with Crippen LogP contribution in [0.1, 0.15) is 19.3 Å². The molecule has 1 rings (SSSR count). The van der Waals surface area contributed by atoms with Gasteiger partial charge < -0.3 is 15.1 Å². The maximum Gasteiger partial charge on any atom is 0.331 e. The summed E-state index contributed by atoms with van der Waals surface area (Å²) in [5.74, 6) is -2.54. The summed E-state index contributed by atoms with van der Waals surface area (Å²) in [6.45, 7) is 0.892. The summed E-state index contributed by atoms with van der Waals surface area (Å²) >= 11 is 0. The number of aliphatic carboxylic acids is 2. The van der Waals surface area contributed by atoms with E-state index in [2.05, 4.69) is 0 Å². The Morgan fingerprint density at radius 1 is 1.38 bits per heavy atom. The van der Waals surface area contributed by atoms with Crippen molar-refractivity contribution in [1.82, 2.24) is 4.90 Å². The highest BCUT2D eigenvalue weighted by molar-refractivity contribution is 5.94. The summed E-state index contributed by atoms with van der Waals surface area (Å²) in [7, 11) is 0. The molecule has 0 aromatic rings. The SMILES string of the molecule is O=C(O)/C=C(\CCN1CCCC1=O)C(=O)O. The molecule has 6 nitrogen and oxygen atoms in total. The molecular weight excluding hydrogens is 214 g/mol. The first kappa shape index (κ1) is 12.2. The average molecular weight is 227 g/mol. The van der Waals surface area contributed by atoms with Crippen molar-refractivity contribution in [1.29, 1.82) is 0 Å². The highest BCUT2D eigenvalue weighted by Gasteiger charge is 2.21. The van der Waals surface area contributed by atoms with Crippen LogP contribution in [0.2, 0.25) is 0 Å². The zero-order valence-electron chi connectivity index (χ0n) is 8.68. The molecule has 0 radical (unpaired) electrons. The third kappa shape index (κ3) is 3.38. The zero-order valence-corrected chi connectivity index (χ0v) is 8.68. The van der Waals surface area contributed by atoms with Crippen molar-refractivity contribution < 1.29 is 24.6 Å². The molecule has 0 spiro atoms. The molecule has 2 N–H and O–H groups in total. The first-order chi connectivity index (χ1) is 7.50. The van der Waals surface area contributed by atoms with Gasteiger partial charge in [0.25, 0.3) is 0 Å². The molecule has 0 unspecified atom stereocenters. The molecule has 1 heterocycles. The molecule has 0 aromatic heterocycles. The highest BCUT2D eigenvalue weighted by Crippen LogP contribution is 2.12. The molecule has 0 atom stereocenters. The normalized spacial score (nSPS) is 16.6. The number of carbonyl (C=O) groups excluding carboxylic acids is 1. The van der Waals surface area contributed by atoms with E-state index in [0.29, 0.717) is 19.0 Å². The van der Waals surface area contributed by atoms with Crippen LogP contribution in [0.5, 0.6) is 0 Å².